The molecule has 13 heteroatoms. The lowest BCUT2D eigenvalue weighted by atomic mass is 9.84. The lowest BCUT2D eigenvalue weighted by Crippen LogP contribution is -2.59. The fourth-order valence-corrected chi connectivity index (χ4v) is 5.87. The molecule has 2 aliphatic heterocycles. The molecule has 3 aliphatic rings. The number of nitrogens with zero attached hydrogens (tertiary/aromatic N) is 1. The number of amides is 1. The third-order valence-electron chi connectivity index (χ3n) is 8.03. The number of alkyl halides is 6. The number of piperidine rings is 1. The van der Waals surface area contributed by atoms with Crippen molar-refractivity contribution in [3.63, 3.8) is 0 Å². The highest BCUT2D eigenvalue weighted by atomic mass is 19.4. The minimum Gasteiger partial charge on any atom is -0.396 e. The van der Waals surface area contributed by atoms with Gasteiger partial charge in [0, 0.05) is 18.5 Å². The van der Waals surface area contributed by atoms with E-state index in [-0.39, 0.29) is 36.6 Å². The van der Waals surface area contributed by atoms with Gasteiger partial charge in [-0.25, -0.2) is 4.79 Å². The van der Waals surface area contributed by atoms with Gasteiger partial charge in [0.25, 0.3) is 0 Å². The minimum absolute atomic E-state index is 0.0294. The van der Waals surface area contributed by atoms with Crippen LogP contribution < -0.4 is 11.1 Å². The molecule has 1 aromatic heterocycles. The minimum atomic E-state index is -4.96. The van der Waals surface area contributed by atoms with Crippen LogP contribution in [0.1, 0.15) is 66.9 Å². The molecule has 2 saturated heterocycles. The van der Waals surface area contributed by atoms with Crippen molar-refractivity contribution in [3.05, 3.63) is 57.0 Å². The van der Waals surface area contributed by atoms with Gasteiger partial charge in [-0.1, -0.05) is 0 Å². The van der Waals surface area contributed by atoms with E-state index in [9.17, 15) is 35.9 Å². The Balaban J connectivity index is 1.39. The summed E-state index contributed by atoms with van der Waals surface area (Å²) in [5.41, 5.74) is -4.08. The number of hydrogen-bond acceptors (Lipinski definition) is 6. The molecular weight excluding hydrogens is 522 g/mol. The van der Waals surface area contributed by atoms with E-state index in [2.05, 4.69) is 5.32 Å². The van der Waals surface area contributed by atoms with Crippen LogP contribution in [0.25, 0.3) is 0 Å². The number of aryl methyl sites for hydroxylation is 1. The van der Waals surface area contributed by atoms with Crippen LogP contribution >= 0.6 is 0 Å². The van der Waals surface area contributed by atoms with E-state index in [0.717, 1.165) is 0 Å². The van der Waals surface area contributed by atoms with Gasteiger partial charge in [0.05, 0.1) is 35.9 Å². The molecule has 1 aliphatic carbocycles. The SMILES string of the molecule is Cc1oc(=O)oc1CN1C[C@@]2(CCC(=O)N2)CC2C[C@]21CO[C@H](C)c1cc(C(F)(F)F)cc(C(F)(F)F)c1. The van der Waals surface area contributed by atoms with Crippen molar-refractivity contribution >= 4 is 5.91 Å². The fourth-order valence-electron chi connectivity index (χ4n) is 5.87. The van der Waals surface area contributed by atoms with Gasteiger partial charge in [-0.15, -0.1) is 0 Å². The third-order valence-corrected chi connectivity index (χ3v) is 8.03. The standard InChI is InChI=1S/C25H26F6N2O5/c1-13(15-5-16(24(26,27)28)7-17(6-15)25(29,30)31)36-12-23-9-18(23)8-22(4-3-20(34)32-22)11-33(23)10-19-14(2)37-21(35)38-19/h5-7,13,18H,3-4,8-12H2,1-2H3,(H,32,34)/t13-,18?,22-,23+/m1/s1. The Morgan fingerprint density at radius 2 is 1.74 bits per heavy atom. The van der Waals surface area contributed by atoms with Crippen molar-refractivity contribution in [2.45, 2.75) is 75.6 Å². The van der Waals surface area contributed by atoms with Gasteiger partial charge < -0.3 is 18.9 Å². The average Bonchev–Trinajstić information content (AvgIpc) is 3.28. The first-order valence-electron chi connectivity index (χ1n) is 12.2. The van der Waals surface area contributed by atoms with Gasteiger partial charge in [0.2, 0.25) is 5.91 Å². The number of fused-ring (bicyclic) bond motifs is 1. The van der Waals surface area contributed by atoms with Gasteiger partial charge in [0.1, 0.15) is 5.76 Å². The summed E-state index contributed by atoms with van der Waals surface area (Å²) in [7, 11) is 0. The number of nitrogens with one attached hydrogen (secondary N) is 1. The van der Waals surface area contributed by atoms with E-state index in [1.165, 1.54) is 6.92 Å². The average molecular weight is 548 g/mol. The Bertz CT molecular complexity index is 1270. The molecular formula is C25H26F6N2O5. The maximum atomic E-state index is 13.3. The summed E-state index contributed by atoms with van der Waals surface area (Å²) in [6.45, 7) is 3.61. The van der Waals surface area contributed by atoms with Crippen LogP contribution in [-0.2, 0) is 28.4 Å². The van der Waals surface area contributed by atoms with Crippen molar-refractivity contribution in [2.24, 2.45) is 5.92 Å². The van der Waals surface area contributed by atoms with Crippen LogP contribution in [0.2, 0.25) is 0 Å². The predicted molar refractivity (Wildman–Crippen MR) is 119 cm³/mol. The number of ether oxygens (including phenoxy) is 1. The van der Waals surface area contributed by atoms with E-state index in [1.54, 1.807) is 6.92 Å². The number of halogens is 6. The Labute approximate surface area is 213 Å². The molecule has 1 amide bonds. The summed E-state index contributed by atoms with van der Waals surface area (Å²) in [5, 5.41) is 3.06. The largest absolute Gasteiger partial charge is 0.519 e. The van der Waals surface area contributed by atoms with Gasteiger partial charge in [-0.05, 0) is 62.8 Å². The van der Waals surface area contributed by atoms with Gasteiger partial charge in [-0.2, -0.15) is 26.3 Å². The maximum Gasteiger partial charge on any atom is 0.519 e. The number of likely N-dealkylation sites (tertiary alicyclic amines) is 1. The molecule has 1 unspecified atom stereocenters. The van der Waals surface area contributed by atoms with E-state index < -0.39 is 46.5 Å². The molecule has 1 aromatic carbocycles. The molecule has 1 N–H and O–H groups in total. The maximum absolute atomic E-state index is 13.3. The van der Waals surface area contributed by atoms with Crippen LogP contribution in [0.3, 0.4) is 0 Å². The van der Waals surface area contributed by atoms with Crippen molar-refractivity contribution < 1.29 is 44.7 Å². The normalized spacial score (nSPS) is 28.4. The highest BCUT2D eigenvalue weighted by molar-refractivity contribution is 5.79. The van der Waals surface area contributed by atoms with Crippen LogP contribution in [0.4, 0.5) is 26.3 Å². The first kappa shape index (κ1) is 26.8. The molecule has 2 aromatic rings. The van der Waals surface area contributed by atoms with Crippen LogP contribution in [0.15, 0.2) is 31.8 Å². The predicted octanol–water partition coefficient (Wildman–Crippen LogP) is 4.97. The molecule has 0 radical (unpaired) electrons. The number of rotatable bonds is 6. The smallest absolute Gasteiger partial charge is 0.396 e. The lowest BCUT2D eigenvalue weighted by molar-refractivity contribution is -0.143. The van der Waals surface area contributed by atoms with Gasteiger partial charge in [0.15, 0.2) is 5.76 Å². The van der Waals surface area contributed by atoms with Gasteiger partial charge >= 0.3 is 18.2 Å². The summed E-state index contributed by atoms with van der Waals surface area (Å²) in [5.74, 6) is -0.237. The van der Waals surface area contributed by atoms with Gasteiger partial charge in [-0.3, -0.25) is 9.69 Å². The molecule has 1 spiro atoms. The first-order chi connectivity index (χ1) is 17.6. The van der Waals surface area contributed by atoms with E-state index in [1.807, 2.05) is 4.90 Å². The third kappa shape index (κ3) is 4.97. The summed E-state index contributed by atoms with van der Waals surface area (Å²) in [6.07, 6.45) is -8.64. The van der Waals surface area contributed by atoms with E-state index >= 15 is 0 Å². The Kier molecular flexibility index (Phi) is 6.25. The number of benzene rings is 1. The number of hydrogen-bond donors (Lipinski definition) is 1. The van der Waals surface area contributed by atoms with Crippen molar-refractivity contribution in [2.75, 3.05) is 13.2 Å². The molecule has 0 bridgehead atoms. The molecule has 7 nitrogen and oxygen atoms in total. The summed E-state index contributed by atoms with van der Waals surface area (Å²) in [4.78, 5) is 25.6. The molecule has 38 heavy (non-hydrogen) atoms. The topological polar surface area (TPSA) is 84.9 Å². The molecule has 3 fully saturated rings. The quantitative estimate of drug-likeness (QED) is 0.514. The summed E-state index contributed by atoms with van der Waals surface area (Å²) >= 11 is 0. The summed E-state index contributed by atoms with van der Waals surface area (Å²) in [6, 6.07) is 1.44. The fraction of sp³-hybridized carbons (Fsp3) is 0.600. The van der Waals surface area contributed by atoms with Crippen molar-refractivity contribution in [3.8, 4) is 0 Å². The van der Waals surface area contributed by atoms with Crippen molar-refractivity contribution in [1.29, 1.82) is 0 Å². The molecule has 5 rings (SSSR count). The zero-order valence-corrected chi connectivity index (χ0v) is 20.6. The second kappa shape index (κ2) is 8.87. The monoisotopic (exact) mass is 548 g/mol. The second-order valence-corrected chi connectivity index (χ2v) is 10.6. The zero-order chi connectivity index (χ0) is 27.7. The molecule has 4 atom stereocenters. The lowest BCUT2D eigenvalue weighted by Gasteiger charge is -2.45. The number of carbonyl (C=O) groups excluding carboxylic acids is 1. The first-order valence-corrected chi connectivity index (χ1v) is 12.2. The molecule has 3 heterocycles. The summed E-state index contributed by atoms with van der Waals surface area (Å²) < 4.78 is 96.0. The molecule has 1 saturated carbocycles. The Morgan fingerprint density at radius 3 is 2.26 bits per heavy atom. The zero-order valence-electron chi connectivity index (χ0n) is 20.6. The second-order valence-electron chi connectivity index (χ2n) is 10.6. The number of carbonyl (C=O) groups is 1. The van der Waals surface area contributed by atoms with Crippen LogP contribution in [-0.4, -0.2) is 35.0 Å². The molecule has 208 valence electrons. The van der Waals surface area contributed by atoms with Crippen molar-refractivity contribution in [1.82, 2.24) is 10.2 Å². The Morgan fingerprint density at radius 1 is 1.08 bits per heavy atom. The Hall–Kier alpha value is -2.80. The highest BCUT2D eigenvalue weighted by Gasteiger charge is 2.65. The van der Waals surface area contributed by atoms with E-state index in [0.29, 0.717) is 55.9 Å². The van der Waals surface area contributed by atoms with E-state index in [4.69, 9.17) is 13.6 Å². The van der Waals surface area contributed by atoms with Crippen LogP contribution in [0.5, 0.6) is 0 Å². The highest BCUT2D eigenvalue weighted by Crippen LogP contribution is 2.58. The van der Waals surface area contributed by atoms with Crippen LogP contribution in [0, 0.1) is 12.8 Å².